The summed E-state index contributed by atoms with van der Waals surface area (Å²) in [5, 5.41) is 12.5. The molecule has 1 fully saturated rings. The van der Waals surface area contributed by atoms with Gasteiger partial charge in [-0.2, -0.15) is 0 Å². The van der Waals surface area contributed by atoms with Crippen molar-refractivity contribution >= 4 is 5.97 Å². The van der Waals surface area contributed by atoms with Crippen LogP contribution in [-0.4, -0.2) is 30.3 Å². The van der Waals surface area contributed by atoms with E-state index in [1.165, 1.54) is 0 Å². The van der Waals surface area contributed by atoms with E-state index in [-0.39, 0.29) is 0 Å². The van der Waals surface area contributed by atoms with Crippen LogP contribution in [0.1, 0.15) is 38.3 Å². The third kappa shape index (κ3) is 3.63. The maximum Gasteiger partial charge on any atom is 0.325 e. The number of hydrogen-bond donors (Lipinski definition) is 2. The van der Waals surface area contributed by atoms with Crippen molar-refractivity contribution in [1.29, 1.82) is 0 Å². The topological polar surface area (TPSA) is 67.8 Å². The van der Waals surface area contributed by atoms with Crippen molar-refractivity contribution < 1.29 is 19.4 Å². The Kier molecular flexibility index (Phi) is 4.84. The molecule has 2 rings (SSSR count). The summed E-state index contributed by atoms with van der Waals surface area (Å²) in [6.45, 7) is 4.84. The van der Waals surface area contributed by atoms with Gasteiger partial charge in [0.25, 0.3) is 0 Å². The van der Waals surface area contributed by atoms with Crippen LogP contribution in [0.2, 0.25) is 0 Å². The van der Waals surface area contributed by atoms with Gasteiger partial charge in [-0.25, -0.2) is 0 Å². The molecule has 0 saturated heterocycles. The highest BCUT2D eigenvalue weighted by Crippen LogP contribution is 2.32. The average molecular weight is 279 g/mol. The second-order valence-electron chi connectivity index (χ2n) is 4.78. The first kappa shape index (κ1) is 14.7. The van der Waals surface area contributed by atoms with Crippen molar-refractivity contribution in [2.75, 3.05) is 13.2 Å². The molecule has 2 N–H and O–H groups in total. The fourth-order valence-electron chi connectivity index (χ4n) is 2.04. The molecule has 1 aliphatic rings. The van der Waals surface area contributed by atoms with Crippen molar-refractivity contribution in [3.63, 3.8) is 0 Å². The van der Waals surface area contributed by atoms with Crippen molar-refractivity contribution in [1.82, 2.24) is 5.32 Å². The zero-order valence-electron chi connectivity index (χ0n) is 11.9. The Morgan fingerprint density at radius 1 is 1.30 bits per heavy atom. The zero-order chi connectivity index (χ0) is 14.5. The molecule has 1 aliphatic carbocycles. The summed E-state index contributed by atoms with van der Waals surface area (Å²) in [5.74, 6) is 0.368. The first-order valence-electron chi connectivity index (χ1n) is 7.04. The van der Waals surface area contributed by atoms with Crippen molar-refractivity contribution in [2.45, 2.75) is 38.8 Å². The lowest BCUT2D eigenvalue weighted by molar-refractivity contribution is -0.139. The van der Waals surface area contributed by atoms with Crippen LogP contribution in [0.5, 0.6) is 11.5 Å². The van der Waals surface area contributed by atoms with Crippen LogP contribution < -0.4 is 14.8 Å². The predicted octanol–water partition coefficient (Wildman–Crippen LogP) is 2.36. The van der Waals surface area contributed by atoms with Gasteiger partial charge in [0.05, 0.1) is 13.2 Å². The van der Waals surface area contributed by atoms with E-state index < -0.39 is 12.0 Å². The lowest BCUT2D eigenvalue weighted by atomic mass is 10.1. The Bertz CT molecular complexity index is 471. The predicted molar refractivity (Wildman–Crippen MR) is 75.3 cm³/mol. The number of rotatable bonds is 8. The van der Waals surface area contributed by atoms with Crippen LogP contribution in [-0.2, 0) is 4.79 Å². The highest BCUT2D eigenvalue weighted by atomic mass is 16.5. The number of carbonyl (C=O) groups is 1. The molecule has 0 aliphatic heterocycles. The molecule has 0 amide bonds. The van der Waals surface area contributed by atoms with E-state index in [9.17, 15) is 9.90 Å². The molecule has 0 spiro atoms. The molecule has 1 aromatic carbocycles. The minimum absolute atomic E-state index is 0.318. The van der Waals surface area contributed by atoms with Crippen LogP contribution in [0, 0.1) is 0 Å². The number of aliphatic carboxylic acids is 1. The fourth-order valence-corrected chi connectivity index (χ4v) is 2.04. The van der Waals surface area contributed by atoms with Gasteiger partial charge >= 0.3 is 5.97 Å². The van der Waals surface area contributed by atoms with Crippen LogP contribution in [0.4, 0.5) is 0 Å². The molecule has 5 heteroatoms. The van der Waals surface area contributed by atoms with Gasteiger partial charge in [0, 0.05) is 6.04 Å². The SMILES string of the molecule is CCOc1ccc(C(NC2CC2)C(=O)O)cc1OCC. The highest BCUT2D eigenvalue weighted by molar-refractivity contribution is 5.76. The van der Waals surface area contributed by atoms with Gasteiger partial charge in [-0.15, -0.1) is 0 Å². The van der Waals surface area contributed by atoms with Gasteiger partial charge in [-0.3, -0.25) is 10.1 Å². The van der Waals surface area contributed by atoms with Crippen LogP contribution in [0.15, 0.2) is 18.2 Å². The summed E-state index contributed by atoms with van der Waals surface area (Å²) in [4.78, 5) is 11.4. The smallest absolute Gasteiger partial charge is 0.325 e. The van der Waals surface area contributed by atoms with Crippen LogP contribution in [0.3, 0.4) is 0 Å². The van der Waals surface area contributed by atoms with E-state index in [0.717, 1.165) is 12.8 Å². The largest absolute Gasteiger partial charge is 0.490 e. The van der Waals surface area contributed by atoms with Crippen molar-refractivity contribution in [3.05, 3.63) is 23.8 Å². The minimum atomic E-state index is -0.872. The second-order valence-corrected chi connectivity index (χ2v) is 4.78. The summed E-state index contributed by atoms with van der Waals surface area (Å²) in [6.07, 6.45) is 2.08. The number of carboxylic acid groups (broad SMARTS) is 1. The van der Waals surface area contributed by atoms with E-state index >= 15 is 0 Å². The average Bonchev–Trinajstić information content (AvgIpc) is 3.22. The Labute approximate surface area is 118 Å². The minimum Gasteiger partial charge on any atom is -0.490 e. The molecule has 0 bridgehead atoms. The third-order valence-corrected chi connectivity index (χ3v) is 3.13. The highest BCUT2D eigenvalue weighted by Gasteiger charge is 2.29. The number of nitrogens with one attached hydrogen (secondary N) is 1. The van der Waals surface area contributed by atoms with Gasteiger partial charge in [0.1, 0.15) is 6.04 Å². The number of carboxylic acids is 1. The van der Waals surface area contributed by atoms with E-state index in [1.807, 2.05) is 13.8 Å². The first-order chi connectivity index (χ1) is 9.65. The van der Waals surface area contributed by atoms with E-state index in [2.05, 4.69) is 5.32 Å². The molecule has 5 nitrogen and oxygen atoms in total. The Morgan fingerprint density at radius 2 is 1.95 bits per heavy atom. The number of hydrogen-bond acceptors (Lipinski definition) is 4. The molecule has 0 heterocycles. The Hall–Kier alpha value is -1.75. The molecule has 110 valence electrons. The van der Waals surface area contributed by atoms with E-state index in [4.69, 9.17) is 9.47 Å². The van der Waals surface area contributed by atoms with Gasteiger partial charge in [-0.05, 0) is 44.4 Å². The second kappa shape index (κ2) is 6.61. The lowest BCUT2D eigenvalue weighted by Crippen LogP contribution is -2.30. The van der Waals surface area contributed by atoms with E-state index in [1.54, 1.807) is 18.2 Å². The summed E-state index contributed by atoms with van der Waals surface area (Å²) in [7, 11) is 0. The molecule has 1 unspecified atom stereocenters. The standard InChI is InChI=1S/C15H21NO4/c1-3-19-12-8-5-10(9-13(12)20-4-2)14(15(17)18)16-11-6-7-11/h5,8-9,11,14,16H,3-4,6-7H2,1-2H3,(H,17,18). The summed E-state index contributed by atoms with van der Waals surface area (Å²) < 4.78 is 11.0. The molecule has 0 radical (unpaired) electrons. The fraction of sp³-hybridized carbons (Fsp3) is 0.533. The van der Waals surface area contributed by atoms with Crippen molar-refractivity contribution in [2.24, 2.45) is 0 Å². The van der Waals surface area contributed by atoms with Crippen LogP contribution in [0.25, 0.3) is 0 Å². The monoisotopic (exact) mass is 279 g/mol. The van der Waals surface area contributed by atoms with Gasteiger partial charge in [-0.1, -0.05) is 6.07 Å². The molecule has 1 saturated carbocycles. The molecule has 0 aromatic heterocycles. The molecule has 1 atom stereocenters. The molecular formula is C15H21NO4. The maximum absolute atomic E-state index is 11.4. The van der Waals surface area contributed by atoms with Gasteiger partial charge < -0.3 is 14.6 Å². The Morgan fingerprint density at radius 3 is 2.50 bits per heavy atom. The molecular weight excluding hydrogens is 258 g/mol. The maximum atomic E-state index is 11.4. The number of ether oxygens (including phenoxy) is 2. The molecule has 1 aromatic rings. The summed E-state index contributed by atoms with van der Waals surface area (Å²) >= 11 is 0. The zero-order valence-corrected chi connectivity index (χ0v) is 11.9. The quantitative estimate of drug-likeness (QED) is 0.764. The molecule has 20 heavy (non-hydrogen) atoms. The Balaban J connectivity index is 2.24. The van der Waals surface area contributed by atoms with Gasteiger partial charge in [0.15, 0.2) is 11.5 Å². The van der Waals surface area contributed by atoms with E-state index in [0.29, 0.717) is 36.3 Å². The van der Waals surface area contributed by atoms with Crippen LogP contribution >= 0.6 is 0 Å². The summed E-state index contributed by atoms with van der Waals surface area (Å²) in [6, 6.07) is 4.93. The lowest BCUT2D eigenvalue weighted by Gasteiger charge is -2.17. The third-order valence-electron chi connectivity index (χ3n) is 3.13. The normalized spacial score (nSPS) is 15.7. The first-order valence-corrected chi connectivity index (χ1v) is 7.04. The number of benzene rings is 1. The van der Waals surface area contributed by atoms with Crippen molar-refractivity contribution in [3.8, 4) is 11.5 Å². The summed E-state index contributed by atoms with van der Waals surface area (Å²) in [5.41, 5.74) is 0.691. The van der Waals surface area contributed by atoms with Gasteiger partial charge in [0.2, 0.25) is 0 Å².